The first-order valence-electron chi connectivity index (χ1n) is 6.94. The van der Waals surface area contributed by atoms with Gasteiger partial charge in [0.1, 0.15) is 5.75 Å². The molecule has 0 unspecified atom stereocenters. The molecule has 2 N–H and O–H groups in total. The van der Waals surface area contributed by atoms with Gasteiger partial charge in [0.2, 0.25) is 0 Å². The van der Waals surface area contributed by atoms with E-state index in [1.807, 2.05) is 50.2 Å². The van der Waals surface area contributed by atoms with Crippen LogP contribution in [-0.2, 0) is 6.54 Å². The first kappa shape index (κ1) is 16.4. The van der Waals surface area contributed by atoms with Crippen LogP contribution >= 0.6 is 15.9 Å². The molecule has 0 aliphatic rings. The summed E-state index contributed by atoms with van der Waals surface area (Å²) in [4.78, 5) is 12.1. The van der Waals surface area contributed by atoms with Crippen molar-refractivity contribution in [1.82, 2.24) is 5.32 Å². The van der Waals surface area contributed by atoms with E-state index in [4.69, 9.17) is 4.74 Å². The molecule has 0 radical (unpaired) electrons. The van der Waals surface area contributed by atoms with Gasteiger partial charge < -0.3 is 15.4 Å². The van der Waals surface area contributed by atoms with E-state index in [1.54, 1.807) is 7.11 Å². The molecule has 0 aromatic heterocycles. The Kier molecular flexibility index (Phi) is 5.44. The third kappa shape index (κ3) is 4.24. The highest BCUT2D eigenvalue weighted by Crippen LogP contribution is 2.31. The van der Waals surface area contributed by atoms with E-state index in [9.17, 15) is 4.79 Å². The van der Waals surface area contributed by atoms with E-state index >= 15 is 0 Å². The fraction of sp³-hybridized carbons (Fsp3) is 0.235. The average Bonchev–Trinajstić information content (AvgIpc) is 2.49. The van der Waals surface area contributed by atoms with Gasteiger partial charge >= 0.3 is 6.03 Å². The number of rotatable bonds is 4. The second-order valence-electron chi connectivity index (χ2n) is 5.09. The number of carbonyl (C=O) groups is 1. The molecular formula is C17H19BrN2O2. The molecule has 0 aliphatic heterocycles. The van der Waals surface area contributed by atoms with Crippen LogP contribution in [0.5, 0.6) is 5.75 Å². The Hall–Kier alpha value is -2.01. The highest BCUT2D eigenvalue weighted by atomic mass is 79.9. The van der Waals surface area contributed by atoms with Crippen LogP contribution in [0.3, 0.4) is 0 Å². The Morgan fingerprint density at radius 2 is 1.86 bits per heavy atom. The van der Waals surface area contributed by atoms with Crippen LogP contribution in [0.25, 0.3) is 0 Å². The SMILES string of the molecule is COc1cc(Br)cc(C)c1NC(=O)NCc1ccc(C)cc1. The molecule has 0 atom stereocenters. The van der Waals surface area contributed by atoms with E-state index in [-0.39, 0.29) is 6.03 Å². The third-order valence-corrected chi connectivity index (χ3v) is 3.75. The van der Waals surface area contributed by atoms with Crippen LogP contribution < -0.4 is 15.4 Å². The van der Waals surface area contributed by atoms with Crippen LogP contribution in [-0.4, -0.2) is 13.1 Å². The fourth-order valence-corrected chi connectivity index (χ4v) is 2.63. The van der Waals surface area contributed by atoms with Crippen molar-refractivity contribution >= 4 is 27.6 Å². The second-order valence-corrected chi connectivity index (χ2v) is 6.01. The molecule has 0 spiro atoms. The third-order valence-electron chi connectivity index (χ3n) is 3.30. The second kappa shape index (κ2) is 7.31. The van der Waals surface area contributed by atoms with Gasteiger partial charge in [-0.2, -0.15) is 0 Å². The number of hydrogen-bond acceptors (Lipinski definition) is 2. The molecule has 0 fully saturated rings. The molecule has 2 aromatic rings. The van der Waals surface area contributed by atoms with Crippen molar-refractivity contribution < 1.29 is 9.53 Å². The zero-order chi connectivity index (χ0) is 16.1. The standard InChI is InChI=1S/C17H19BrN2O2/c1-11-4-6-13(7-5-11)10-19-17(21)20-16-12(2)8-14(18)9-15(16)22-3/h4-9H,10H2,1-3H3,(H2,19,20,21). The average molecular weight is 363 g/mol. The van der Waals surface area contributed by atoms with Gasteiger partial charge in [-0.05, 0) is 37.1 Å². The van der Waals surface area contributed by atoms with Crippen molar-refractivity contribution in [3.63, 3.8) is 0 Å². The number of hydrogen-bond donors (Lipinski definition) is 2. The van der Waals surface area contributed by atoms with Gasteiger partial charge in [0.05, 0.1) is 12.8 Å². The van der Waals surface area contributed by atoms with Gasteiger partial charge in [-0.1, -0.05) is 45.8 Å². The van der Waals surface area contributed by atoms with Crippen molar-refractivity contribution in [2.24, 2.45) is 0 Å². The van der Waals surface area contributed by atoms with Crippen LogP contribution in [0.2, 0.25) is 0 Å². The van der Waals surface area contributed by atoms with Crippen molar-refractivity contribution in [2.45, 2.75) is 20.4 Å². The summed E-state index contributed by atoms with van der Waals surface area (Å²) in [5, 5.41) is 5.69. The summed E-state index contributed by atoms with van der Waals surface area (Å²) in [6, 6.07) is 11.5. The molecule has 116 valence electrons. The predicted molar refractivity (Wildman–Crippen MR) is 92.5 cm³/mol. The van der Waals surface area contributed by atoms with E-state index in [0.717, 1.165) is 15.6 Å². The normalized spacial score (nSPS) is 10.2. The Balaban J connectivity index is 2.01. The molecule has 2 amide bonds. The van der Waals surface area contributed by atoms with Gasteiger partial charge in [0.25, 0.3) is 0 Å². The quantitative estimate of drug-likeness (QED) is 0.846. The van der Waals surface area contributed by atoms with Gasteiger partial charge in [0, 0.05) is 11.0 Å². The van der Waals surface area contributed by atoms with Crippen LogP contribution in [0.1, 0.15) is 16.7 Å². The van der Waals surface area contributed by atoms with Crippen LogP contribution in [0, 0.1) is 13.8 Å². The largest absolute Gasteiger partial charge is 0.495 e. The Morgan fingerprint density at radius 3 is 2.50 bits per heavy atom. The molecule has 0 aliphatic carbocycles. The number of amides is 2. The summed E-state index contributed by atoms with van der Waals surface area (Å²) in [7, 11) is 1.58. The smallest absolute Gasteiger partial charge is 0.319 e. The molecule has 22 heavy (non-hydrogen) atoms. The first-order valence-corrected chi connectivity index (χ1v) is 7.73. The summed E-state index contributed by atoms with van der Waals surface area (Å²) < 4.78 is 6.22. The van der Waals surface area contributed by atoms with Gasteiger partial charge in [-0.15, -0.1) is 0 Å². The lowest BCUT2D eigenvalue weighted by Crippen LogP contribution is -2.28. The monoisotopic (exact) mass is 362 g/mol. The molecule has 0 heterocycles. The van der Waals surface area contributed by atoms with E-state index in [1.165, 1.54) is 5.56 Å². The number of halogens is 1. The highest BCUT2D eigenvalue weighted by Gasteiger charge is 2.11. The minimum Gasteiger partial charge on any atom is -0.495 e. The molecular weight excluding hydrogens is 344 g/mol. The van der Waals surface area contributed by atoms with Crippen LogP contribution in [0.4, 0.5) is 10.5 Å². The van der Waals surface area contributed by atoms with Crippen molar-refractivity contribution in [2.75, 3.05) is 12.4 Å². The lowest BCUT2D eigenvalue weighted by atomic mass is 10.1. The summed E-state index contributed by atoms with van der Waals surface area (Å²) in [5.41, 5.74) is 3.85. The molecule has 2 aromatic carbocycles. The van der Waals surface area contributed by atoms with Crippen molar-refractivity contribution in [3.8, 4) is 5.75 Å². The highest BCUT2D eigenvalue weighted by molar-refractivity contribution is 9.10. The lowest BCUT2D eigenvalue weighted by Gasteiger charge is -2.14. The molecule has 0 saturated carbocycles. The summed E-state index contributed by atoms with van der Waals surface area (Å²) in [6.07, 6.45) is 0. The zero-order valence-electron chi connectivity index (χ0n) is 12.9. The fourth-order valence-electron chi connectivity index (χ4n) is 2.08. The number of methoxy groups -OCH3 is 1. The first-order chi connectivity index (χ1) is 10.5. The maximum Gasteiger partial charge on any atom is 0.319 e. The van der Waals surface area contributed by atoms with Gasteiger partial charge in [-0.25, -0.2) is 4.79 Å². The number of aryl methyl sites for hydroxylation is 2. The molecule has 4 nitrogen and oxygen atoms in total. The number of carbonyl (C=O) groups excluding carboxylic acids is 1. The Bertz CT molecular complexity index is 669. The van der Waals surface area contributed by atoms with Gasteiger partial charge in [-0.3, -0.25) is 0 Å². The van der Waals surface area contributed by atoms with Crippen molar-refractivity contribution in [3.05, 3.63) is 57.6 Å². The Labute approximate surface area is 139 Å². The van der Waals surface area contributed by atoms with E-state index in [0.29, 0.717) is 18.0 Å². The lowest BCUT2D eigenvalue weighted by molar-refractivity contribution is 0.251. The maximum absolute atomic E-state index is 12.1. The summed E-state index contributed by atoms with van der Waals surface area (Å²) >= 11 is 3.41. The Morgan fingerprint density at radius 1 is 1.18 bits per heavy atom. The molecule has 2 rings (SSSR count). The molecule has 5 heteroatoms. The van der Waals surface area contributed by atoms with Crippen molar-refractivity contribution in [1.29, 1.82) is 0 Å². The van der Waals surface area contributed by atoms with Crippen LogP contribution in [0.15, 0.2) is 40.9 Å². The van der Waals surface area contributed by atoms with E-state index in [2.05, 4.69) is 26.6 Å². The number of benzene rings is 2. The molecule has 0 bridgehead atoms. The van der Waals surface area contributed by atoms with E-state index < -0.39 is 0 Å². The summed E-state index contributed by atoms with van der Waals surface area (Å²) in [5.74, 6) is 0.623. The number of ether oxygens (including phenoxy) is 1. The number of nitrogens with one attached hydrogen (secondary N) is 2. The molecule has 0 saturated heterocycles. The topological polar surface area (TPSA) is 50.4 Å². The zero-order valence-corrected chi connectivity index (χ0v) is 14.5. The predicted octanol–water partition coefficient (Wildman–Crippen LogP) is 4.40. The summed E-state index contributed by atoms with van der Waals surface area (Å²) in [6.45, 7) is 4.43. The number of urea groups is 1. The van der Waals surface area contributed by atoms with Gasteiger partial charge in [0.15, 0.2) is 0 Å². The number of anilines is 1. The maximum atomic E-state index is 12.1. The minimum atomic E-state index is -0.260. The minimum absolute atomic E-state index is 0.260.